The standard InChI is InChI=1S/C11H8F2N2O/c12-9-3-2-8(6-10(9)13)11(16)7-15-5-1-4-14-15/h1-6H,7H2. The van der Waals surface area contributed by atoms with Gasteiger partial charge in [0.2, 0.25) is 0 Å². The quantitative estimate of drug-likeness (QED) is 0.745. The Morgan fingerprint density at radius 2 is 2.12 bits per heavy atom. The molecule has 0 fully saturated rings. The van der Waals surface area contributed by atoms with Crippen LogP contribution in [0.15, 0.2) is 36.7 Å². The molecule has 0 aliphatic heterocycles. The minimum Gasteiger partial charge on any atom is -0.292 e. The highest BCUT2D eigenvalue weighted by molar-refractivity contribution is 5.95. The van der Waals surface area contributed by atoms with E-state index in [9.17, 15) is 13.6 Å². The summed E-state index contributed by atoms with van der Waals surface area (Å²) < 4.78 is 26.9. The van der Waals surface area contributed by atoms with Crippen molar-refractivity contribution in [2.45, 2.75) is 6.54 Å². The van der Waals surface area contributed by atoms with Crippen molar-refractivity contribution in [2.24, 2.45) is 0 Å². The van der Waals surface area contributed by atoms with Crippen LogP contribution in [-0.4, -0.2) is 15.6 Å². The largest absolute Gasteiger partial charge is 0.292 e. The van der Waals surface area contributed by atoms with E-state index in [-0.39, 0.29) is 17.9 Å². The van der Waals surface area contributed by atoms with Gasteiger partial charge in [-0.2, -0.15) is 5.10 Å². The molecule has 0 amide bonds. The van der Waals surface area contributed by atoms with E-state index in [4.69, 9.17) is 0 Å². The minimum absolute atomic E-state index is 0.0120. The van der Waals surface area contributed by atoms with E-state index in [1.807, 2.05) is 0 Å². The lowest BCUT2D eigenvalue weighted by Crippen LogP contribution is -2.11. The van der Waals surface area contributed by atoms with Crippen LogP contribution in [0.25, 0.3) is 0 Å². The molecule has 1 heterocycles. The van der Waals surface area contributed by atoms with E-state index in [0.717, 1.165) is 12.1 Å². The van der Waals surface area contributed by atoms with Crippen LogP contribution in [-0.2, 0) is 6.54 Å². The number of halogens is 2. The average Bonchev–Trinajstić information content (AvgIpc) is 2.74. The Balaban J connectivity index is 2.18. The van der Waals surface area contributed by atoms with Gasteiger partial charge in [0.25, 0.3) is 0 Å². The monoisotopic (exact) mass is 222 g/mol. The first-order valence-electron chi connectivity index (χ1n) is 4.62. The Labute approximate surface area is 90.3 Å². The third-order valence-electron chi connectivity index (χ3n) is 2.11. The molecular weight excluding hydrogens is 214 g/mol. The average molecular weight is 222 g/mol. The summed E-state index contributed by atoms with van der Waals surface area (Å²) in [5, 5.41) is 3.85. The molecule has 0 aliphatic carbocycles. The molecule has 0 bridgehead atoms. The fourth-order valence-electron chi connectivity index (χ4n) is 1.30. The summed E-state index contributed by atoms with van der Waals surface area (Å²) in [6.07, 6.45) is 3.16. The number of carbonyl (C=O) groups is 1. The Morgan fingerprint density at radius 1 is 1.31 bits per heavy atom. The third kappa shape index (κ3) is 2.13. The molecule has 16 heavy (non-hydrogen) atoms. The predicted octanol–water partition coefficient (Wildman–Crippen LogP) is 2.04. The number of rotatable bonds is 3. The minimum atomic E-state index is -1.02. The van der Waals surface area contributed by atoms with Gasteiger partial charge in [0.15, 0.2) is 17.4 Å². The van der Waals surface area contributed by atoms with E-state index in [1.54, 1.807) is 18.5 Å². The van der Waals surface area contributed by atoms with Crippen LogP contribution in [0, 0.1) is 11.6 Å². The fourth-order valence-corrected chi connectivity index (χ4v) is 1.30. The zero-order valence-electron chi connectivity index (χ0n) is 8.23. The molecule has 82 valence electrons. The molecule has 2 rings (SSSR count). The van der Waals surface area contributed by atoms with Crippen LogP contribution in [0.5, 0.6) is 0 Å². The third-order valence-corrected chi connectivity index (χ3v) is 2.11. The van der Waals surface area contributed by atoms with Crippen molar-refractivity contribution in [1.29, 1.82) is 0 Å². The van der Waals surface area contributed by atoms with Gasteiger partial charge >= 0.3 is 0 Å². The summed E-state index contributed by atoms with van der Waals surface area (Å²) in [6.45, 7) is 0.0120. The normalized spacial score (nSPS) is 10.4. The summed E-state index contributed by atoms with van der Waals surface area (Å²) in [4.78, 5) is 11.6. The van der Waals surface area contributed by atoms with E-state index in [0.29, 0.717) is 0 Å². The molecule has 1 aromatic heterocycles. The lowest BCUT2D eigenvalue weighted by atomic mass is 10.1. The number of carbonyl (C=O) groups excluding carboxylic acids is 1. The van der Waals surface area contributed by atoms with Gasteiger partial charge < -0.3 is 0 Å². The number of hydrogen-bond acceptors (Lipinski definition) is 2. The molecule has 0 spiro atoms. The van der Waals surface area contributed by atoms with Crippen LogP contribution in [0.2, 0.25) is 0 Å². The van der Waals surface area contributed by atoms with Crippen molar-refractivity contribution in [3.05, 3.63) is 53.9 Å². The second-order valence-electron chi connectivity index (χ2n) is 3.26. The van der Waals surface area contributed by atoms with E-state index >= 15 is 0 Å². The number of Topliss-reactive ketones (excluding diaryl/α,β-unsaturated/α-hetero) is 1. The number of aromatic nitrogens is 2. The Bertz CT molecular complexity index is 509. The Morgan fingerprint density at radius 3 is 2.75 bits per heavy atom. The summed E-state index contributed by atoms with van der Waals surface area (Å²) in [7, 11) is 0. The summed E-state index contributed by atoms with van der Waals surface area (Å²) in [6, 6.07) is 4.76. The molecule has 2 aromatic rings. The molecule has 1 aromatic carbocycles. The first-order valence-corrected chi connectivity index (χ1v) is 4.62. The van der Waals surface area contributed by atoms with Crippen molar-refractivity contribution < 1.29 is 13.6 Å². The van der Waals surface area contributed by atoms with Gasteiger partial charge in [-0.1, -0.05) is 0 Å². The lowest BCUT2D eigenvalue weighted by molar-refractivity contribution is 0.0967. The summed E-state index contributed by atoms with van der Waals surface area (Å²) in [5.74, 6) is -2.30. The maximum Gasteiger partial charge on any atom is 0.184 e. The van der Waals surface area contributed by atoms with Crippen molar-refractivity contribution in [3.63, 3.8) is 0 Å². The van der Waals surface area contributed by atoms with Crippen LogP contribution in [0.1, 0.15) is 10.4 Å². The first kappa shape index (κ1) is 10.5. The van der Waals surface area contributed by atoms with Crippen LogP contribution >= 0.6 is 0 Å². The van der Waals surface area contributed by atoms with Crippen molar-refractivity contribution in [1.82, 2.24) is 9.78 Å². The molecule has 0 N–H and O–H groups in total. The number of benzene rings is 1. The van der Waals surface area contributed by atoms with Crippen LogP contribution in [0.3, 0.4) is 0 Å². The lowest BCUT2D eigenvalue weighted by Gasteiger charge is -2.02. The van der Waals surface area contributed by atoms with Gasteiger partial charge in [0.1, 0.15) is 6.54 Å². The van der Waals surface area contributed by atoms with Crippen LogP contribution in [0.4, 0.5) is 8.78 Å². The zero-order chi connectivity index (χ0) is 11.5. The Kier molecular flexibility index (Phi) is 2.76. The van der Waals surface area contributed by atoms with E-state index in [2.05, 4.69) is 5.10 Å². The summed E-state index contributed by atoms with van der Waals surface area (Å²) in [5.41, 5.74) is 0.134. The molecular formula is C11H8F2N2O. The highest BCUT2D eigenvalue weighted by Gasteiger charge is 2.10. The van der Waals surface area contributed by atoms with Gasteiger partial charge in [-0.25, -0.2) is 8.78 Å². The molecule has 0 saturated carbocycles. The topological polar surface area (TPSA) is 34.9 Å². The Hall–Kier alpha value is -2.04. The second kappa shape index (κ2) is 4.22. The number of nitrogens with zero attached hydrogens (tertiary/aromatic N) is 2. The first-order chi connectivity index (χ1) is 7.66. The maximum atomic E-state index is 12.9. The van der Waals surface area contributed by atoms with Gasteiger partial charge in [0.05, 0.1) is 0 Å². The van der Waals surface area contributed by atoms with E-state index < -0.39 is 11.6 Å². The smallest absolute Gasteiger partial charge is 0.184 e. The van der Waals surface area contributed by atoms with Gasteiger partial charge in [0, 0.05) is 18.0 Å². The highest BCUT2D eigenvalue weighted by Crippen LogP contribution is 2.09. The molecule has 0 unspecified atom stereocenters. The van der Waals surface area contributed by atoms with Crippen molar-refractivity contribution in [2.75, 3.05) is 0 Å². The molecule has 0 radical (unpaired) electrons. The van der Waals surface area contributed by atoms with E-state index in [1.165, 1.54) is 10.7 Å². The molecule has 0 aliphatic rings. The molecule has 0 saturated heterocycles. The fraction of sp³-hybridized carbons (Fsp3) is 0.0909. The predicted molar refractivity (Wildman–Crippen MR) is 52.9 cm³/mol. The van der Waals surface area contributed by atoms with Gasteiger partial charge in [-0.05, 0) is 24.3 Å². The molecule has 5 heteroatoms. The zero-order valence-corrected chi connectivity index (χ0v) is 8.23. The van der Waals surface area contributed by atoms with Gasteiger partial charge in [-0.15, -0.1) is 0 Å². The number of ketones is 1. The second-order valence-corrected chi connectivity index (χ2v) is 3.26. The van der Waals surface area contributed by atoms with Crippen molar-refractivity contribution >= 4 is 5.78 Å². The SMILES string of the molecule is O=C(Cn1cccn1)c1ccc(F)c(F)c1. The maximum absolute atomic E-state index is 12.9. The van der Waals surface area contributed by atoms with Crippen LogP contribution < -0.4 is 0 Å². The number of hydrogen-bond donors (Lipinski definition) is 0. The molecule has 0 atom stereocenters. The summed E-state index contributed by atoms with van der Waals surface area (Å²) >= 11 is 0. The van der Waals surface area contributed by atoms with Crippen molar-refractivity contribution in [3.8, 4) is 0 Å². The molecule has 3 nitrogen and oxygen atoms in total. The van der Waals surface area contributed by atoms with Gasteiger partial charge in [-0.3, -0.25) is 9.48 Å². The highest BCUT2D eigenvalue weighted by atomic mass is 19.2.